The molecule has 8 nitrogen and oxygen atoms in total. The quantitative estimate of drug-likeness (QED) is 0.209. The molecule has 1 atom stereocenters. The van der Waals surface area contributed by atoms with Gasteiger partial charge in [-0.25, -0.2) is 9.07 Å². The lowest BCUT2D eigenvalue weighted by molar-refractivity contribution is -0.113. The number of halogens is 3. The van der Waals surface area contributed by atoms with Crippen LogP contribution in [0, 0.1) is 19.7 Å². The lowest BCUT2D eigenvalue weighted by atomic mass is 9.94. The molecule has 212 valence electrons. The van der Waals surface area contributed by atoms with Crippen molar-refractivity contribution in [2.24, 2.45) is 0 Å². The molecule has 2 heterocycles. The number of amides is 1. The third-order valence-corrected chi connectivity index (χ3v) is 7.90. The van der Waals surface area contributed by atoms with Gasteiger partial charge in [0.25, 0.3) is 5.91 Å². The number of benzene rings is 3. The number of nitrogens with one attached hydrogen (secondary N) is 2. The number of carbonyl (C=O) groups excluding carboxylic acids is 1. The Labute approximate surface area is 250 Å². The highest BCUT2D eigenvalue weighted by Gasteiger charge is 2.35. The Bertz CT molecular complexity index is 1650. The van der Waals surface area contributed by atoms with Crippen LogP contribution in [-0.2, 0) is 11.4 Å². The summed E-state index contributed by atoms with van der Waals surface area (Å²) in [4.78, 5) is 18.2. The van der Waals surface area contributed by atoms with Gasteiger partial charge in [-0.15, -0.1) is 0 Å². The summed E-state index contributed by atoms with van der Waals surface area (Å²) in [6.45, 7) is 7.90. The van der Waals surface area contributed by atoms with E-state index < -0.39 is 11.9 Å². The molecule has 2 N–H and O–H groups in total. The highest BCUT2D eigenvalue weighted by molar-refractivity contribution is 9.10. The van der Waals surface area contributed by atoms with E-state index in [4.69, 9.17) is 21.1 Å². The van der Waals surface area contributed by atoms with Crippen LogP contribution in [0.5, 0.6) is 11.5 Å². The first-order valence-electron chi connectivity index (χ1n) is 13.0. The molecular weight excluding hydrogens is 613 g/mol. The van der Waals surface area contributed by atoms with Crippen LogP contribution in [0.3, 0.4) is 0 Å². The Kier molecular flexibility index (Phi) is 8.32. The summed E-state index contributed by atoms with van der Waals surface area (Å²) in [5.74, 6) is 0.552. The standard InChI is InChI=1S/C30H28BrClFN5O3/c1-5-40-25-13-19(12-21(31)28(25)41-14-20-22(32)9-7-10-23(20)33)27-26(18(4)36-30-34-15-35-38(27)30)29(39)37-24-11-6-8-16(2)17(24)3/h6-13,15,27H,5,14H2,1-4H3,(H,37,39)(H,34,35,36). The molecule has 4 aromatic rings. The van der Waals surface area contributed by atoms with Gasteiger partial charge in [-0.2, -0.15) is 10.1 Å². The van der Waals surface area contributed by atoms with Crippen LogP contribution in [0.25, 0.3) is 0 Å². The third kappa shape index (κ3) is 5.67. The van der Waals surface area contributed by atoms with E-state index in [1.165, 1.54) is 12.4 Å². The SMILES string of the molecule is CCOc1cc(C2C(C(=O)Nc3cccc(C)c3C)=C(C)Nc3ncnn32)cc(Br)c1OCc1c(F)cccc1Cl. The second-order valence-electron chi connectivity index (χ2n) is 9.55. The molecule has 0 spiro atoms. The van der Waals surface area contributed by atoms with Gasteiger partial charge < -0.3 is 20.1 Å². The lowest BCUT2D eigenvalue weighted by Crippen LogP contribution is -2.31. The number of fused-ring (bicyclic) bond motifs is 1. The van der Waals surface area contributed by atoms with E-state index in [1.54, 1.807) is 22.9 Å². The maximum atomic E-state index is 14.4. The van der Waals surface area contributed by atoms with Crippen molar-refractivity contribution in [2.75, 3.05) is 17.2 Å². The molecule has 1 amide bonds. The molecule has 1 aliphatic rings. The maximum absolute atomic E-state index is 14.4. The molecule has 1 aromatic heterocycles. The summed E-state index contributed by atoms with van der Waals surface area (Å²) in [6, 6.07) is 13.3. The predicted octanol–water partition coefficient (Wildman–Crippen LogP) is 7.36. The van der Waals surface area contributed by atoms with Gasteiger partial charge in [0.1, 0.15) is 24.8 Å². The average molecular weight is 641 g/mol. The topological polar surface area (TPSA) is 90.3 Å². The molecule has 1 unspecified atom stereocenters. The molecule has 3 aromatic carbocycles. The van der Waals surface area contributed by atoms with E-state index in [2.05, 4.69) is 36.6 Å². The molecule has 5 rings (SSSR count). The Morgan fingerprint density at radius 3 is 2.71 bits per heavy atom. The summed E-state index contributed by atoms with van der Waals surface area (Å²) >= 11 is 9.82. The van der Waals surface area contributed by atoms with Gasteiger partial charge in [-0.3, -0.25) is 4.79 Å². The van der Waals surface area contributed by atoms with Gasteiger partial charge in [0.05, 0.1) is 21.7 Å². The van der Waals surface area contributed by atoms with Crippen LogP contribution in [0.4, 0.5) is 16.0 Å². The van der Waals surface area contributed by atoms with Crippen LogP contribution in [0.1, 0.15) is 42.1 Å². The minimum atomic E-state index is -0.635. The minimum absolute atomic E-state index is 0.105. The lowest BCUT2D eigenvalue weighted by Gasteiger charge is -2.29. The second kappa shape index (κ2) is 11.9. The third-order valence-electron chi connectivity index (χ3n) is 6.96. The number of hydrogen-bond donors (Lipinski definition) is 2. The molecule has 0 saturated heterocycles. The predicted molar refractivity (Wildman–Crippen MR) is 160 cm³/mol. The first kappa shape index (κ1) is 28.6. The van der Waals surface area contributed by atoms with Gasteiger partial charge in [-0.1, -0.05) is 29.8 Å². The zero-order chi connectivity index (χ0) is 29.3. The van der Waals surface area contributed by atoms with E-state index in [0.29, 0.717) is 45.4 Å². The minimum Gasteiger partial charge on any atom is -0.490 e. The van der Waals surface area contributed by atoms with Crippen molar-refractivity contribution in [1.29, 1.82) is 0 Å². The fourth-order valence-corrected chi connectivity index (χ4v) is 5.52. The summed E-state index contributed by atoms with van der Waals surface area (Å²) in [6.07, 6.45) is 1.43. The number of nitrogens with zero attached hydrogens (tertiary/aromatic N) is 3. The van der Waals surface area contributed by atoms with Crippen LogP contribution in [0.15, 0.2) is 70.6 Å². The molecular formula is C30H28BrClFN5O3. The van der Waals surface area contributed by atoms with Crippen molar-refractivity contribution in [3.05, 3.63) is 104 Å². The second-order valence-corrected chi connectivity index (χ2v) is 10.8. The van der Waals surface area contributed by atoms with E-state index in [0.717, 1.165) is 16.8 Å². The fourth-order valence-electron chi connectivity index (χ4n) is 4.73. The molecule has 0 bridgehead atoms. The Morgan fingerprint density at radius 2 is 1.95 bits per heavy atom. The number of aryl methyl sites for hydroxylation is 1. The molecule has 0 aliphatic carbocycles. The largest absolute Gasteiger partial charge is 0.490 e. The maximum Gasteiger partial charge on any atom is 0.255 e. The number of anilines is 2. The molecule has 11 heteroatoms. The summed E-state index contributed by atoms with van der Waals surface area (Å²) in [5, 5.41) is 11.0. The van der Waals surface area contributed by atoms with Crippen LogP contribution in [0.2, 0.25) is 5.02 Å². The van der Waals surface area contributed by atoms with Gasteiger partial charge in [-0.05, 0) is 90.6 Å². The van der Waals surface area contributed by atoms with Gasteiger partial charge in [0, 0.05) is 16.9 Å². The highest BCUT2D eigenvalue weighted by atomic mass is 79.9. The summed E-state index contributed by atoms with van der Waals surface area (Å²) in [7, 11) is 0. The van der Waals surface area contributed by atoms with Crippen LogP contribution in [-0.4, -0.2) is 27.3 Å². The zero-order valence-corrected chi connectivity index (χ0v) is 25.2. The first-order chi connectivity index (χ1) is 19.7. The first-order valence-corrected chi connectivity index (χ1v) is 14.1. The number of hydrogen-bond acceptors (Lipinski definition) is 6. The van der Waals surface area contributed by atoms with Crippen molar-refractivity contribution in [3.8, 4) is 11.5 Å². The van der Waals surface area contributed by atoms with Crippen molar-refractivity contribution >= 4 is 45.1 Å². The number of carbonyl (C=O) groups is 1. The number of aromatic nitrogens is 3. The Morgan fingerprint density at radius 1 is 1.17 bits per heavy atom. The summed E-state index contributed by atoms with van der Waals surface area (Å²) < 4.78 is 28.6. The monoisotopic (exact) mass is 639 g/mol. The molecule has 0 saturated carbocycles. The van der Waals surface area contributed by atoms with Crippen molar-refractivity contribution in [1.82, 2.24) is 14.8 Å². The van der Waals surface area contributed by atoms with E-state index >= 15 is 0 Å². The van der Waals surface area contributed by atoms with Crippen molar-refractivity contribution in [2.45, 2.75) is 40.3 Å². The number of rotatable bonds is 8. The van der Waals surface area contributed by atoms with Crippen LogP contribution >= 0.6 is 27.5 Å². The van der Waals surface area contributed by atoms with Gasteiger partial charge in [0.2, 0.25) is 5.95 Å². The van der Waals surface area contributed by atoms with E-state index in [1.807, 2.05) is 52.0 Å². The smallest absolute Gasteiger partial charge is 0.255 e. The van der Waals surface area contributed by atoms with E-state index in [-0.39, 0.29) is 23.1 Å². The molecule has 0 radical (unpaired) electrons. The van der Waals surface area contributed by atoms with Gasteiger partial charge in [0.15, 0.2) is 11.5 Å². The zero-order valence-electron chi connectivity index (χ0n) is 22.9. The van der Waals surface area contributed by atoms with E-state index in [9.17, 15) is 9.18 Å². The van der Waals surface area contributed by atoms with Crippen molar-refractivity contribution in [3.63, 3.8) is 0 Å². The van der Waals surface area contributed by atoms with Crippen LogP contribution < -0.4 is 20.1 Å². The fraction of sp³-hybridized carbons (Fsp3) is 0.233. The number of ether oxygens (including phenoxy) is 2. The molecule has 0 fully saturated rings. The normalized spacial score (nSPS) is 14.4. The summed E-state index contributed by atoms with van der Waals surface area (Å²) in [5.41, 5.74) is 4.83. The van der Waals surface area contributed by atoms with Crippen molar-refractivity contribution < 1.29 is 18.7 Å². The molecule has 1 aliphatic heterocycles. The average Bonchev–Trinajstić information content (AvgIpc) is 3.39. The Balaban J connectivity index is 1.55. The highest BCUT2D eigenvalue weighted by Crippen LogP contribution is 2.43. The Hall–Kier alpha value is -3.89. The molecule has 41 heavy (non-hydrogen) atoms. The van der Waals surface area contributed by atoms with Gasteiger partial charge >= 0.3 is 0 Å². The number of allylic oxidation sites excluding steroid dienone is 1.